The molecule has 0 bridgehead atoms. The lowest BCUT2D eigenvalue weighted by molar-refractivity contribution is -0.160. The fourth-order valence-electron chi connectivity index (χ4n) is 4.65. The van der Waals surface area contributed by atoms with E-state index in [-0.39, 0.29) is 30.8 Å². The van der Waals surface area contributed by atoms with Crippen molar-refractivity contribution in [1.29, 1.82) is 0 Å². The summed E-state index contributed by atoms with van der Waals surface area (Å²) in [5.41, 5.74) is 6.97. The first-order valence-corrected chi connectivity index (χ1v) is 15.6. The second-order valence-electron chi connectivity index (χ2n) is 11.6. The van der Waals surface area contributed by atoms with Gasteiger partial charge < -0.3 is 20.5 Å². The van der Waals surface area contributed by atoms with E-state index in [4.69, 9.17) is 15.2 Å². The van der Waals surface area contributed by atoms with Gasteiger partial charge in [0, 0.05) is 0 Å². The van der Waals surface area contributed by atoms with Crippen molar-refractivity contribution < 1.29 is 23.9 Å². The van der Waals surface area contributed by atoms with Crippen LogP contribution in [0, 0.1) is 11.8 Å². The van der Waals surface area contributed by atoms with Gasteiger partial charge in [0.15, 0.2) is 0 Å². The van der Waals surface area contributed by atoms with Gasteiger partial charge in [-0.2, -0.15) is 0 Å². The van der Waals surface area contributed by atoms with Gasteiger partial charge in [0.1, 0.15) is 18.8 Å². The molecule has 3 N–H and O–H groups in total. The number of ether oxygens (including phenoxy) is 2. The average Bonchev–Trinajstić information content (AvgIpc) is 2.93. The quantitative estimate of drug-likeness (QED) is 0.119. The highest BCUT2D eigenvalue weighted by Gasteiger charge is 2.31. The number of nitrogens with two attached hydrogens (primary N) is 1. The first-order valence-electron chi connectivity index (χ1n) is 15.6. The molecule has 1 rings (SSSR count). The van der Waals surface area contributed by atoms with Crippen molar-refractivity contribution in [3.8, 4) is 0 Å². The smallest absolute Gasteiger partial charge is 0.329 e. The molecule has 0 aliphatic carbocycles. The SMILES string of the molecule is CCCCCCCCCCCC(CC(=O)OCc1ccccc1)OC(=O)[C@@H](NC(=O)[C@@H](N)CC(C)C)[C@@H](C)CC. The summed E-state index contributed by atoms with van der Waals surface area (Å²) >= 11 is 0. The van der Waals surface area contributed by atoms with Gasteiger partial charge >= 0.3 is 11.9 Å². The Morgan fingerprint density at radius 3 is 2.05 bits per heavy atom. The second kappa shape index (κ2) is 21.4. The van der Waals surface area contributed by atoms with Gasteiger partial charge in [-0.15, -0.1) is 0 Å². The molecule has 7 nitrogen and oxygen atoms in total. The first-order chi connectivity index (χ1) is 19.2. The molecule has 4 atom stereocenters. The van der Waals surface area contributed by atoms with Gasteiger partial charge in [0.05, 0.1) is 12.5 Å². The predicted octanol–water partition coefficient (Wildman–Crippen LogP) is 6.86. The van der Waals surface area contributed by atoms with Crippen molar-refractivity contribution in [3.05, 3.63) is 35.9 Å². The molecule has 0 aromatic heterocycles. The van der Waals surface area contributed by atoms with Gasteiger partial charge in [-0.1, -0.05) is 123 Å². The minimum Gasteiger partial charge on any atom is -0.461 e. The molecule has 1 aromatic carbocycles. The Balaban J connectivity index is 2.76. The fourth-order valence-corrected chi connectivity index (χ4v) is 4.65. The molecule has 0 aliphatic heterocycles. The van der Waals surface area contributed by atoms with E-state index in [1.54, 1.807) is 0 Å². The number of carbonyl (C=O) groups is 3. The number of unbranched alkanes of at least 4 members (excludes halogenated alkanes) is 8. The van der Waals surface area contributed by atoms with Crippen molar-refractivity contribution in [3.63, 3.8) is 0 Å². The molecule has 0 aliphatic rings. The molecule has 0 fully saturated rings. The van der Waals surface area contributed by atoms with E-state index < -0.39 is 30.1 Å². The maximum Gasteiger partial charge on any atom is 0.329 e. The lowest BCUT2D eigenvalue weighted by Gasteiger charge is -2.27. The van der Waals surface area contributed by atoms with Crippen LogP contribution in [0.3, 0.4) is 0 Å². The summed E-state index contributed by atoms with van der Waals surface area (Å²) in [6.07, 6.45) is 11.8. The number of nitrogens with one attached hydrogen (secondary N) is 1. The minimum atomic E-state index is -0.818. The summed E-state index contributed by atoms with van der Waals surface area (Å²) in [5, 5.41) is 2.83. The fraction of sp³-hybridized carbons (Fsp3) is 0.727. The second-order valence-corrected chi connectivity index (χ2v) is 11.6. The third-order valence-corrected chi connectivity index (χ3v) is 7.38. The molecular formula is C33H56N2O5. The topological polar surface area (TPSA) is 108 Å². The zero-order valence-electron chi connectivity index (χ0n) is 25.8. The number of hydrogen-bond acceptors (Lipinski definition) is 6. The zero-order chi connectivity index (χ0) is 29.8. The van der Waals surface area contributed by atoms with Crippen LogP contribution in [0.15, 0.2) is 30.3 Å². The van der Waals surface area contributed by atoms with Gasteiger partial charge in [0.2, 0.25) is 5.91 Å². The maximum atomic E-state index is 13.3. The molecule has 1 amide bonds. The summed E-state index contributed by atoms with van der Waals surface area (Å²) in [7, 11) is 0. The summed E-state index contributed by atoms with van der Waals surface area (Å²) in [6, 6.07) is 8.00. The number of carbonyl (C=O) groups excluding carboxylic acids is 3. The summed E-state index contributed by atoms with van der Waals surface area (Å²) in [5.74, 6) is -1.15. The number of esters is 2. The Labute approximate surface area is 243 Å². The average molecular weight is 561 g/mol. The van der Waals surface area contributed by atoms with E-state index in [2.05, 4.69) is 12.2 Å². The third kappa shape index (κ3) is 16.0. The first kappa shape index (κ1) is 35.6. The van der Waals surface area contributed by atoms with Crippen LogP contribution in [0.5, 0.6) is 0 Å². The monoisotopic (exact) mass is 560 g/mol. The molecule has 0 radical (unpaired) electrons. The minimum absolute atomic E-state index is 0.0103. The molecule has 40 heavy (non-hydrogen) atoms. The van der Waals surface area contributed by atoms with Crippen molar-refractivity contribution in [1.82, 2.24) is 5.32 Å². The van der Waals surface area contributed by atoms with Gasteiger partial charge in [-0.3, -0.25) is 9.59 Å². The molecule has 1 unspecified atom stereocenters. The Morgan fingerprint density at radius 2 is 1.48 bits per heavy atom. The van der Waals surface area contributed by atoms with Gasteiger partial charge in [0.25, 0.3) is 0 Å². The lowest BCUT2D eigenvalue weighted by atomic mass is 9.97. The molecule has 0 spiro atoms. The Kier molecular flexibility index (Phi) is 19.0. The van der Waals surface area contributed by atoms with E-state index in [0.717, 1.165) is 24.8 Å². The highest BCUT2D eigenvalue weighted by atomic mass is 16.6. The van der Waals surface area contributed by atoms with Crippen LogP contribution in [0.4, 0.5) is 0 Å². The molecule has 228 valence electrons. The molecule has 0 saturated heterocycles. The normalized spacial score (nSPS) is 14.3. The van der Waals surface area contributed by atoms with E-state index in [9.17, 15) is 14.4 Å². The van der Waals surface area contributed by atoms with Crippen LogP contribution < -0.4 is 11.1 Å². The highest BCUT2D eigenvalue weighted by molar-refractivity contribution is 5.87. The Morgan fingerprint density at radius 1 is 0.875 bits per heavy atom. The number of amides is 1. The summed E-state index contributed by atoms with van der Waals surface area (Å²) < 4.78 is 11.4. The zero-order valence-corrected chi connectivity index (χ0v) is 25.8. The molecule has 0 heterocycles. The van der Waals surface area contributed by atoms with Gasteiger partial charge in [-0.05, 0) is 36.7 Å². The van der Waals surface area contributed by atoms with Crippen LogP contribution in [-0.2, 0) is 30.5 Å². The molecule has 0 saturated carbocycles. The predicted molar refractivity (Wildman–Crippen MR) is 161 cm³/mol. The van der Waals surface area contributed by atoms with Crippen molar-refractivity contribution in [2.75, 3.05) is 0 Å². The van der Waals surface area contributed by atoms with E-state index in [1.807, 2.05) is 58.0 Å². The van der Waals surface area contributed by atoms with E-state index >= 15 is 0 Å². The van der Waals surface area contributed by atoms with Crippen LogP contribution in [0.1, 0.15) is 124 Å². The Bertz CT molecular complexity index is 829. The van der Waals surface area contributed by atoms with E-state index in [1.165, 1.54) is 38.5 Å². The van der Waals surface area contributed by atoms with Crippen molar-refractivity contribution in [2.45, 2.75) is 143 Å². The summed E-state index contributed by atoms with van der Waals surface area (Å²) in [6.45, 7) is 10.3. The molecule has 1 aromatic rings. The van der Waals surface area contributed by atoms with E-state index in [0.29, 0.717) is 19.3 Å². The van der Waals surface area contributed by atoms with Crippen molar-refractivity contribution in [2.24, 2.45) is 17.6 Å². The number of hydrogen-bond donors (Lipinski definition) is 2. The van der Waals surface area contributed by atoms with Crippen LogP contribution in [0.2, 0.25) is 0 Å². The largest absolute Gasteiger partial charge is 0.461 e. The van der Waals surface area contributed by atoms with Crippen molar-refractivity contribution >= 4 is 17.8 Å². The lowest BCUT2D eigenvalue weighted by Crippen LogP contribution is -2.52. The number of rotatable bonds is 22. The van der Waals surface area contributed by atoms with Gasteiger partial charge in [-0.25, -0.2) is 4.79 Å². The molecular weight excluding hydrogens is 504 g/mol. The third-order valence-electron chi connectivity index (χ3n) is 7.38. The number of benzene rings is 1. The van der Waals surface area contributed by atoms with Crippen LogP contribution in [-0.4, -0.2) is 36.0 Å². The summed E-state index contributed by atoms with van der Waals surface area (Å²) in [4.78, 5) is 38.8. The van der Waals surface area contributed by atoms with Crippen LogP contribution >= 0.6 is 0 Å². The maximum absolute atomic E-state index is 13.3. The standard InChI is InChI=1S/C33H56N2O5/c1-6-8-9-10-11-12-13-14-18-21-28(23-30(36)39-24-27-19-16-15-17-20-27)40-33(38)31(26(5)7-2)35-32(37)29(34)22-25(3)4/h15-17,19-20,25-26,28-29,31H,6-14,18,21-24,34H2,1-5H3,(H,35,37)/t26-,28?,29-,31-/m0/s1. The molecule has 7 heteroatoms. The highest BCUT2D eigenvalue weighted by Crippen LogP contribution is 2.18. The van der Waals surface area contributed by atoms with Crippen LogP contribution in [0.25, 0.3) is 0 Å². The Hall–Kier alpha value is -2.41.